The Balaban J connectivity index is 1.58. The van der Waals surface area contributed by atoms with Gasteiger partial charge in [-0.3, -0.25) is 4.79 Å². The smallest absolute Gasteiger partial charge is 0.363 e. The summed E-state index contributed by atoms with van der Waals surface area (Å²) in [6, 6.07) is 20.4. The van der Waals surface area contributed by atoms with E-state index in [2.05, 4.69) is 38.3 Å². The van der Waals surface area contributed by atoms with Crippen LogP contribution in [0.3, 0.4) is 0 Å². The number of nitrogens with zero attached hydrogens (tertiary/aromatic N) is 2. The van der Waals surface area contributed by atoms with Gasteiger partial charge in [0.2, 0.25) is 0 Å². The Labute approximate surface area is 180 Å². The Morgan fingerprint density at radius 3 is 2.45 bits per heavy atom. The number of methoxy groups -OCH3 is 1. The molecule has 0 radical (unpaired) electrons. The molecule has 3 rings (SSSR count). The van der Waals surface area contributed by atoms with Crippen LogP contribution in [0.15, 0.2) is 83.0 Å². The van der Waals surface area contributed by atoms with Gasteiger partial charge in [-0.25, -0.2) is 10.3 Å². The monoisotopic (exact) mass is 501 g/mol. The predicted octanol–water partition coefficient (Wildman–Crippen LogP) is 5.41. The van der Waals surface area contributed by atoms with Crippen LogP contribution in [-0.4, -0.2) is 19.0 Å². The molecule has 8 heteroatoms. The van der Waals surface area contributed by atoms with Crippen LogP contribution in [0.1, 0.15) is 20.7 Å². The minimum absolute atomic E-state index is 0.383. The summed E-state index contributed by atoms with van der Waals surface area (Å²) in [6.45, 7) is 0. The molecule has 0 atom stereocenters. The maximum Gasteiger partial charge on any atom is 0.363 e. The number of carbonyl (C=O) groups excluding carboxylic acids is 2. The van der Waals surface area contributed by atoms with Gasteiger partial charge in [-0.15, -0.1) is 10.2 Å². The number of hydrogen-bond acceptors (Lipinski definition) is 6. The van der Waals surface area contributed by atoms with Crippen molar-refractivity contribution in [1.29, 1.82) is 0 Å². The van der Waals surface area contributed by atoms with Gasteiger partial charge in [0.25, 0.3) is 5.91 Å². The first kappa shape index (κ1) is 20.5. The number of halogens is 1. The Hall–Kier alpha value is -3.27. The number of carbonyl (C=O) groups is 2. The largest absolute Gasteiger partial charge is 0.497 e. The van der Waals surface area contributed by atoms with Gasteiger partial charge >= 0.3 is 5.97 Å². The van der Waals surface area contributed by atoms with Crippen molar-refractivity contribution in [3.8, 4) is 5.75 Å². The fourth-order valence-corrected chi connectivity index (χ4v) is 2.91. The number of benzene rings is 3. The summed E-state index contributed by atoms with van der Waals surface area (Å²) in [6.07, 6.45) is 0. The maximum atomic E-state index is 12.1. The van der Waals surface area contributed by atoms with E-state index in [0.717, 1.165) is 3.57 Å². The van der Waals surface area contributed by atoms with E-state index in [4.69, 9.17) is 9.57 Å². The molecule has 1 amide bonds. The Morgan fingerprint density at radius 2 is 1.72 bits per heavy atom. The molecule has 0 aliphatic heterocycles. The van der Waals surface area contributed by atoms with E-state index in [-0.39, 0.29) is 0 Å². The molecule has 0 fully saturated rings. The van der Waals surface area contributed by atoms with E-state index in [9.17, 15) is 9.59 Å². The van der Waals surface area contributed by atoms with Gasteiger partial charge in [0.05, 0.1) is 24.0 Å². The van der Waals surface area contributed by atoms with E-state index < -0.39 is 11.9 Å². The molecule has 0 saturated carbocycles. The summed E-state index contributed by atoms with van der Waals surface area (Å²) in [7, 11) is 1.53. The highest BCUT2D eigenvalue weighted by atomic mass is 127. The molecule has 0 aliphatic rings. The summed E-state index contributed by atoms with van der Waals surface area (Å²) in [4.78, 5) is 29.3. The lowest BCUT2D eigenvalue weighted by Gasteiger charge is -2.07. The van der Waals surface area contributed by atoms with Crippen molar-refractivity contribution in [3.05, 3.63) is 87.5 Å². The third-order valence-electron chi connectivity index (χ3n) is 3.80. The molecule has 0 aliphatic carbocycles. The molecule has 0 saturated heterocycles. The minimum Gasteiger partial charge on any atom is -0.497 e. The van der Waals surface area contributed by atoms with Crippen LogP contribution in [-0.2, 0) is 4.84 Å². The summed E-state index contributed by atoms with van der Waals surface area (Å²) in [5.41, 5.74) is 4.49. The van der Waals surface area contributed by atoms with E-state index in [0.29, 0.717) is 28.3 Å². The van der Waals surface area contributed by atoms with Crippen LogP contribution in [0, 0.1) is 3.57 Å². The number of hydrogen-bond donors (Lipinski definition) is 1. The first-order valence-corrected chi connectivity index (χ1v) is 9.56. The van der Waals surface area contributed by atoms with Crippen molar-refractivity contribution in [2.24, 2.45) is 10.2 Å². The first-order chi connectivity index (χ1) is 14.1. The second-order valence-electron chi connectivity index (χ2n) is 5.76. The summed E-state index contributed by atoms with van der Waals surface area (Å²) < 4.78 is 5.89. The number of anilines is 1. The second-order valence-corrected chi connectivity index (χ2v) is 6.92. The van der Waals surface area contributed by atoms with Crippen molar-refractivity contribution < 1.29 is 19.2 Å². The Kier molecular flexibility index (Phi) is 6.90. The molecule has 0 heterocycles. The number of amides is 1. The standard InChI is InChI=1S/C21H16IN3O4/c1-28-17-6-4-5-14(13-17)20(26)24-23-15-9-11-16(12-10-15)25-29-21(27)18-7-2-3-8-19(18)22/h2-13,25H,1H3. The molecule has 0 aromatic heterocycles. The molecular weight excluding hydrogens is 485 g/mol. The lowest BCUT2D eigenvalue weighted by Crippen LogP contribution is -2.11. The topological polar surface area (TPSA) is 89.3 Å². The lowest BCUT2D eigenvalue weighted by atomic mass is 10.2. The van der Waals surface area contributed by atoms with Crippen molar-refractivity contribution in [2.45, 2.75) is 0 Å². The quantitative estimate of drug-likeness (QED) is 0.277. The zero-order valence-corrected chi connectivity index (χ0v) is 17.5. The summed E-state index contributed by atoms with van der Waals surface area (Å²) in [5, 5.41) is 7.65. The van der Waals surface area contributed by atoms with E-state index in [1.807, 2.05) is 12.1 Å². The molecule has 0 bridgehead atoms. The zero-order valence-electron chi connectivity index (χ0n) is 15.3. The average molecular weight is 501 g/mol. The molecule has 1 N–H and O–H groups in total. The molecule has 29 heavy (non-hydrogen) atoms. The molecule has 3 aromatic rings. The van der Waals surface area contributed by atoms with Gasteiger partial charge in [-0.1, -0.05) is 18.2 Å². The Bertz CT molecular complexity index is 1050. The number of ether oxygens (including phenoxy) is 1. The highest BCUT2D eigenvalue weighted by Crippen LogP contribution is 2.19. The predicted molar refractivity (Wildman–Crippen MR) is 116 cm³/mol. The minimum atomic E-state index is -0.484. The maximum absolute atomic E-state index is 12.1. The number of azo groups is 1. The molecule has 0 spiro atoms. The van der Waals surface area contributed by atoms with Crippen LogP contribution in [0.5, 0.6) is 5.75 Å². The first-order valence-electron chi connectivity index (χ1n) is 8.49. The Morgan fingerprint density at radius 1 is 0.966 bits per heavy atom. The normalized spacial score (nSPS) is 10.6. The average Bonchev–Trinajstić information content (AvgIpc) is 2.77. The molecule has 0 unspecified atom stereocenters. The molecular formula is C21H16IN3O4. The van der Waals surface area contributed by atoms with Crippen molar-refractivity contribution in [3.63, 3.8) is 0 Å². The third-order valence-corrected chi connectivity index (χ3v) is 4.74. The summed E-state index contributed by atoms with van der Waals surface area (Å²) in [5.74, 6) is -0.388. The second kappa shape index (κ2) is 9.78. The van der Waals surface area contributed by atoms with Gasteiger partial charge < -0.3 is 9.57 Å². The van der Waals surface area contributed by atoms with E-state index in [1.165, 1.54) is 7.11 Å². The van der Waals surface area contributed by atoms with Gasteiger partial charge in [0, 0.05) is 9.13 Å². The van der Waals surface area contributed by atoms with E-state index in [1.54, 1.807) is 60.7 Å². The van der Waals surface area contributed by atoms with Crippen molar-refractivity contribution in [1.82, 2.24) is 0 Å². The van der Waals surface area contributed by atoms with Crippen LogP contribution in [0.25, 0.3) is 0 Å². The molecule has 146 valence electrons. The number of rotatable bonds is 6. The zero-order chi connectivity index (χ0) is 20.6. The van der Waals surface area contributed by atoms with Crippen LogP contribution in [0.2, 0.25) is 0 Å². The molecule has 3 aromatic carbocycles. The van der Waals surface area contributed by atoms with Crippen LogP contribution >= 0.6 is 22.6 Å². The van der Waals surface area contributed by atoms with Gasteiger partial charge in [-0.05, 0) is 77.2 Å². The molecule has 7 nitrogen and oxygen atoms in total. The SMILES string of the molecule is COc1cccc(C(=O)N=Nc2ccc(NOC(=O)c3ccccc3I)cc2)c1. The fourth-order valence-electron chi connectivity index (χ4n) is 2.30. The number of nitrogens with one attached hydrogen (secondary N) is 1. The highest BCUT2D eigenvalue weighted by Gasteiger charge is 2.11. The van der Waals surface area contributed by atoms with Gasteiger partial charge in [0.1, 0.15) is 5.75 Å². The van der Waals surface area contributed by atoms with Crippen molar-refractivity contribution in [2.75, 3.05) is 12.6 Å². The van der Waals surface area contributed by atoms with Crippen molar-refractivity contribution >= 4 is 45.8 Å². The third kappa shape index (κ3) is 5.61. The van der Waals surface area contributed by atoms with Gasteiger partial charge in [0.15, 0.2) is 0 Å². The highest BCUT2D eigenvalue weighted by molar-refractivity contribution is 14.1. The van der Waals surface area contributed by atoms with Crippen LogP contribution < -0.4 is 10.2 Å². The fraction of sp³-hybridized carbons (Fsp3) is 0.0476. The van der Waals surface area contributed by atoms with Crippen LogP contribution in [0.4, 0.5) is 11.4 Å². The summed E-state index contributed by atoms with van der Waals surface area (Å²) >= 11 is 2.07. The van der Waals surface area contributed by atoms with E-state index >= 15 is 0 Å². The van der Waals surface area contributed by atoms with Gasteiger partial charge in [-0.2, -0.15) is 0 Å². The lowest BCUT2D eigenvalue weighted by molar-refractivity contribution is 0.0595.